The molecule has 11 heteroatoms. The van der Waals surface area contributed by atoms with E-state index in [2.05, 4.69) is 15.5 Å². The van der Waals surface area contributed by atoms with Crippen LogP contribution in [0.15, 0.2) is 52.1 Å². The molecular formula is C22H18N4O6S. The predicted molar refractivity (Wildman–Crippen MR) is 117 cm³/mol. The minimum Gasteiger partial charge on any atom is -0.452 e. The third-order valence-electron chi connectivity index (χ3n) is 4.73. The Kier molecular flexibility index (Phi) is 6.22. The Morgan fingerprint density at radius 3 is 2.70 bits per heavy atom. The highest BCUT2D eigenvalue weighted by atomic mass is 32.2. The van der Waals surface area contributed by atoms with Crippen molar-refractivity contribution in [3.63, 3.8) is 0 Å². The molecular weight excluding hydrogens is 448 g/mol. The van der Waals surface area contributed by atoms with Crippen molar-refractivity contribution in [1.82, 2.24) is 15.0 Å². The standard InChI is InChI=1S/C22H18N4O6S/c1-12-8-14(25-32-12)11-33-19-16(4-3-7-23-19)22(30)31-10-18(27)24-13-5-6-15-17(9-13)21(29)26(2)20(15)28/h3-9H,10-11H2,1-2H3,(H,24,27). The second kappa shape index (κ2) is 9.25. The number of hydrogen-bond acceptors (Lipinski definition) is 9. The van der Waals surface area contributed by atoms with E-state index in [0.717, 1.165) is 4.90 Å². The quantitative estimate of drug-likeness (QED) is 0.317. The maximum Gasteiger partial charge on any atom is 0.341 e. The number of imide groups is 1. The van der Waals surface area contributed by atoms with E-state index in [4.69, 9.17) is 9.26 Å². The molecule has 0 fully saturated rings. The largest absolute Gasteiger partial charge is 0.452 e. The average Bonchev–Trinajstić information content (AvgIpc) is 3.32. The van der Waals surface area contributed by atoms with Gasteiger partial charge in [0, 0.05) is 30.8 Å². The van der Waals surface area contributed by atoms with Crippen molar-refractivity contribution in [2.45, 2.75) is 17.7 Å². The van der Waals surface area contributed by atoms with Crippen LogP contribution in [0, 0.1) is 6.92 Å². The van der Waals surface area contributed by atoms with Gasteiger partial charge in [0.05, 0.1) is 22.4 Å². The van der Waals surface area contributed by atoms with Gasteiger partial charge in [0.15, 0.2) is 6.61 Å². The third-order valence-corrected chi connectivity index (χ3v) is 5.77. The number of anilines is 1. The number of carbonyl (C=O) groups excluding carboxylic acids is 4. The molecule has 10 nitrogen and oxygen atoms in total. The van der Waals surface area contributed by atoms with E-state index >= 15 is 0 Å². The van der Waals surface area contributed by atoms with Crippen molar-refractivity contribution < 1.29 is 28.4 Å². The van der Waals surface area contributed by atoms with E-state index in [9.17, 15) is 19.2 Å². The van der Waals surface area contributed by atoms with Crippen LogP contribution in [0.2, 0.25) is 0 Å². The summed E-state index contributed by atoms with van der Waals surface area (Å²) in [7, 11) is 1.39. The Hall–Kier alpha value is -3.99. The molecule has 3 aromatic rings. The zero-order valence-electron chi connectivity index (χ0n) is 17.7. The molecule has 168 valence electrons. The molecule has 4 rings (SSSR count). The fourth-order valence-electron chi connectivity index (χ4n) is 3.13. The van der Waals surface area contributed by atoms with Crippen molar-refractivity contribution in [1.29, 1.82) is 0 Å². The second-order valence-corrected chi connectivity index (χ2v) is 8.09. The number of pyridine rings is 1. The molecule has 0 spiro atoms. The number of aromatic nitrogens is 2. The summed E-state index contributed by atoms with van der Waals surface area (Å²) in [5.74, 6) is -1.00. The first kappa shape index (κ1) is 22.2. The van der Waals surface area contributed by atoms with Gasteiger partial charge in [-0.05, 0) is 37.3 Å². The lowest BCUT2D eigenvalue weighted by atomic mass is 10.1. The number of rotatable bonds is 7. The smallest absolute Gasteiger partial charge is 0.341 e. The molecule has 33 heavy (non-hydrogen) atoms. The van der Waals surface area contributed by atoms with Gasteiger partial charge in [-0.3, -0.25) is 19.3 Å². The zero-order chi connectivity index (χ0) is 23.5. The molecule has 0 radical (unpaired) electrons. The number of benzene rings is 1. The summed E-state index contributed by atoms with van der Waals surface area (Å²) in [4.78, 5) is 54.1. The van der Waals surface area contributed by atoms with Crippen LogP contribution in [0.4, 0.5) is 5.69 Å². The molecule has 0 atom stereocenters. The van der Waals surface area contributed by atoms with Crippen molar-refractivity contribution in [2.75, 3.05) is 19.0 Å². The minimum atomic E-state index is -0.701. The molecule has 0 unspecified atom stereocenters. The fourth-order valence-corrected chi connectivity index (χ4v) is 4.00. The lowest BCUT2D eigenvalue weighted by Gasteiger charge is -2.09. The van der Waals surface area contributed by atoms with Crippen LogP contribution in [-0.4, -0.2) is 52.4 Å². The summed E-state index contributed by atoms with van der Waals surface area (Å²) in [6.07, 6.45) is 1.55. The minimum absolute atomic E-state index is 0.205. The lowest BCUT2D eigenvalue weighted by Crippen LogP contribution is -2.24. The van der Waals surface area contributed by atoms with E-state index in [0.29, 0.717) is 27.9 Å². The highest BCUT2D eigenvalue weighted by molar-refractivity contribution is 7.98. The monoisotopic (exact) mass is 466 g/mol. The van der Waals surface area contributed by atoms with Crippen molar-refractivity contribution in [2.24, 2.45) is 0 Å². The van der Waals surface area contributed by atoms with E-state index in [1.807, 2.05) is 0 Å². The maximum absolute atomic E-state index is 12.5. The number of aryl methyl sites for hydroxylation is 1. The Labute approximate surface area is 192 Å². The van der Waals surface area contributed by atoms with E-state index in [-0.39, 0.29) is 16.7 Å². The molecule has 0 saturated carbocycles. The number of amides is 3. The second-order valence-electron chi connectivity index (χ2n) is 7.13. The maximum atomic E-state index is 12.5. The van der Waals surface area contributed by atoms with Crippen molar-refractivity contribution in [3.05, 3.63) is 70.7 Å². The van der Waals surface area contributed by atoms with Gasteiger partial charge >= 0.3 is 5.97 Å². The number of thioether (sulfide) groups is 1. The highest BCUT2D eigenvalue weighted by Gasteiger charge is 2.32. The highest BCUT2D eigenvalue weighted by Crippen LogP contribution is 2.26. The summed E-state index contributed by atoms with van der Waals surface area (Å²) in [5, 5.41) is 6.90. The number of nitrogens with one attached hydrogen (secondary N) is 1. The summed E-state index contributed by atoms with van der Waals surface area (Å²) in [6, 6.07) is 9.34. The molecule has 1 aliphatic heterocycles. The molecule has 2 aromatic heterocycles. The molecule has 1 aromatic carbocycles. The van der Waals surface area contributed by atoms with Crippen LogP contribution in [0.5, 0.6) is 0 Å². The summed E-state index contributed by atoms with van der Waals surface area (Å²) < 4.78 is 10.2. The first-order valence-corrected chi connectivity index (χ1v) is 10.8. The van der Waals surface area contributed by atoms with Gasteiger partial charge in [-0.15, -0.1) is 0 Å². The Morgan fingerprint density at radius 1 is 1.15 bits per heavy atom. The predicted octanol–water partition coefficient (Wildman–Crippen LogP) is 2.69. The van der Waals surface area contributed by atoms with Crippen LogP contribution in [0.3, 0.4) is 0 Å². The first-order valence-electron chi connectivity index (χ1n) is 9.77. The Bertz CT molecular complexity index is 1270. The van der Waals surface area contributed by atoms with Crippen LogP contribution < -0.4 is 5.32 Å². The number of carbonyl (C=O) groups is 4. The van der Waals surface area contributed by atoms with E-state index < -0.39 is 30.3 Å². The van der Waals surface area contributed by atoms with Gasteiger partial charge in [0.2, 0.25) is 0 Å². The van der Waals surface area contributed by atoms with Crippen LogP contribution in [0.25, 0.3) is 0 Å². The van der Waals surface area contributed by atoms with E-state index in [1.54, 1.807) is 31.3 Å². The molecule has 0 aliphatic carbocycles. The fraction of sp³-hybridized carbons (Fsp3) is 0.182. The van der Waals surface area contributed by atoms with Crippen LogP contribution in [-0.2, 0) is 15.3 Å². The third kappa shape index (κ3) is 4.77. The van der Waals surface area contributed by atoms with Crippen molar-refractivity contribution >= 4 is 41.1 Å². The molecule has 0 saturated heterocycles. The average molecular weight is 466 g/mol. The van der Waals surface area contributed by atoms with Gasteiger partial charge in [-0.1, -0.05) is 16.9 Å². The molecule has 1 N–H and O–H groups in total. The molecule has 3 heterocycles. The Balaban J connectivity index is 1.35. The zero-order valence-corrected chi connectivity index (χ0v) is 18.5. The van der Waals surface area contributed by atoms with Crippen LogP contribution >= 0.6 is 11.8 Å². The number of hydrogen-bond donors (Lipinski definition) is 1. The lowest BCUT2D eigenvalue weighted by molar-refractivity contribution is -0.119. The van der Waals surface area contributed by atoms with Gasteiger partial charge in [-0.25, -0.2) is 9.78 Å². The van der Waals surface area contributed by atoms with Gasteiger partial charge in [-0.2, -0.15) is 0 Å². The van der Waals surface area contributed by atoms with Gasteiger partial charge < -0.3 is 14.6 Å². The summed E-state index contributed by atoms with van der Waals surface area (Å²) >= 11 is 1.29. The van der Waals surface area contributed by atoms with Gasteiger partial charge in [0.25, 0.3) is 17.7 Å². The molecule has 1 aliphatic rings. The van der Waals surface area contributed by atoms with Gasteiger partial charge in [0.1, 0.15) is 10.8 Å². The number of nitrogens with zero attached hydrogens (tertiary/aromatic N) is 3. The first-order chi connectivity index (χ1) is 15.8. The van der Waals surface area contributed by atoms with Crippen LogP contribution in [0.1, 0.15) is 42.5 Å². The summed E-state index contributed by atoms with van der Waals surface area (Å²) in [5.41, 5.74) is 1.72. The summed E-state index contributed by atoms with van der Waals surface area (Å²) in [6.45, 7) is 1.25. The molecule has 0 bridgehead atoms. The topological polar surface area (TPSA) is 132 Å². The number of fused-ring (bicyclic) bond motifs is 1. The normalized spacial score (nSPS) is 12.6. The van der Waals surface area contributed by atoms with E-state index in [1.165, 1.54) is 37.0 Å². The Morgan fingerprint density at radius 2 is 1.94 bits per heavy atom. The number of ether oxygens (including phenoxy) is 1. The number of esters is 1. The van der Waals surface area contributed by atoms with Crippen molar-refractivity contribution in [3.8, 4) is 0 Å². The SMILES string of the molecule is Cc1cc(CSc2ncccc2C(=O)OCC(=O)Nc2ccc3c(c2)C(=O)N(C)C3=O)no1. The molecule has 3 amide bonds.